The molecule has 0 radical (unpaired) electrons. The third kappa shape index (κ3) is 3.19. The first-order chi connectivity index (χ1) is 14.7. The van der Waals surface area contributed by atoms with Gasteiger partial charge in [0, 0.05) is 15.6 Å². The molecule has 0 aliphatic carbocycles. The fourth-order valence-electron chi connectivity index (χ4n) is 4.62. The Kier molecular flexibility index (Phi) is 4.83. The molecule has 30 heavy (non-hydrogen) atoms. The van der Waals surface area contributed by atoms with Crippen molar-refractivity contribution >= 4 is 39.0 Å². The van der Waals surface area contributed by atoms with E-state index in [1.54, 1.807) is 23.7 Å². The van der Waals surface area contributed by atoms with Crippen LogP contribution in [0, 0.1) is 0 Å². The lowest BCUT2D eigenvalue weighted by atomic mass is 9.92. The van der Waals surface area contributed by atoms with Gasteiger partial charge in [-0.15, -0.1) is 11.3 Å². The highest BCUT2D eigenvalue weighted by Gasteiger charge is 2.46. The van der Waals surface area contributed by atoms with Gasteiger partial charge in [0.2, 0.25) is 0 Å². The van der Waals surface area contributed by atoms with Gasteiger partial charge in [0.1, 0.15) is 5.76 Å². The number of nitrogens with one attached hydrogen (secondary N) is 1. The fourth-order valence-corrected chi connectivity index (χ4v) is 5.75. The monoisotopic (exact) mass is 422 g/mol. The smallest absolute Gasteiger partial charge is 0.336 e. The number of nitrogens with zero attached hydrogens (tertiary/aromatic N) is 1. The lowest BCUT2D eigenvalue weighted by Gasteiger charge is -2.36. The van der Waals surface area contributed by atoms with Gasteiger partial charge in [-0.1, -0.05) is 18.2 Å². The average molecular weight is 423 g/mol. The van der Waals surface area contributed by atoms with Gasteiger partial charge in [-0.05, 0) is 54.5 Å². The number of fused-ring (bicyclic) bond motifs is 3. The average Bonchev–Trinajstić information content (AvgIpc) is 3.49. The summed E-state index contributed by atoms with van der Waals surface area (Å²) >= 11 is 1.69. The van der Waals surface area contributed by atoms with E-state index in [0.29, 0.717) is 24.3 Å². The number of rotatable bonds is 4. The van der Waals surface area contributed by atoms with E-state index < -0.39 is 0 Å². The van der Waals surface area contributed by atoms with Crippen molar-refractivity contribution < 1.29 is 18.7 Å². The molecular weight excluding hydrogens is 400 g/mol. The second-order valence-corrected chi connectivity index (χ2v) is 8.71. The Morgan fingerprint density at radius 2 is 2.10 bits per heavy atom. The minimum Gasteiger partial charge on any atom is -0.467 e. The molecule has 1 fully saturated rings. The fraction of sp³-hybridized carbons (Fsp3) is 0.304. The van der Waals surface area contributed by atoms with Gasteiger partial charge >= 0.3 is 12.0 Å². The van der Waals surface area contributed by atoms with Crippen molar-refractivity contribution in [2.24, 2.45) is 0 Å². The SMILES string of the molecule is COC(=O)C1=C(c2cc3ccccc3s2)C[C@@H]2CC[C@H]1N2C(=O)NCc1ccco1. The normalized spacial score (nSPS) is 20.6. The number of methoxy groups -OCH3 is 1. The molecule has 0 saturated carbocycles. The predicted octanol–water partition coefficient (Wildman–Crippen LogP) is 4.57. The number of thiophene rings is 1. The highest BCUT2D eigenvalue weighted by molar-refractivity contribution is 7.20. The summed E-state index contributed by atoms with van der Waals surface area (Å²) in [5.41, 5.74) is 1.64. The van der Waals surface area contributed by atoms with Gasteiger partial charge < -0.3 is 19.4 Å². The molecule has 2 aliphatic rings. The van der Waals surface area contributed by atoms with Gasteiger partial charge in [-0.3, -0.25) is 0 Å². The summed E-state index contributed by atoms with van der Waals surface area (Å²) < 4.78 is 11.6. The number of ether oxygens (including phenoxy) is 1. The Hall–Kier alpha value is -3.06. The zero-order chi connectivity index (χ0) is 20.7. The minimum absolute atomic E-state index is 0.0696. The van der Waals surface area contributed by atoms with Crippen LogP contribution in [0.25, 0.3) is 15.7 Å². The van der Waals surface area contributed by atoms with Crippen molar-refractivity contribution in [3.8, 4) is 0 Å². The number of amides is 2. The molecule has 2 aromatic heterocycles. The molecule has 154 valence electrons. The van der Waals surface area contributed by atoms with Gasteiger partial charge in [-0.25, -0.2) is 9.59 Å². The summed E-state index contributed by atoms with van der Waals surface area (Å²) in [5.74, 6) is 0.346. The first kappa shape index (κ1) is 18.9. The second-order valence-electron chi connectivity index (χ2n) is 7.63. The molecule has 2 amide bonds. The summed E-state index contributed by atoms with van der Waals surface area (Å²) in [6.07, 6.45) is 3.87. The largest absolute Gasteiger partial charge is 0.467 e. The Bertz CT molecular complexity index is 1100. The number of benzene rings is 1. The Morgan fingerprint density at radius 3 is 2.87 bits per heavy atom. The lowest BCUT2D eigenvalue weighted by Crippen LogP contribution is -2.50. The predicted molar refractivity (Wildman–Crippen MR) is 115 cm³/mol. The zero-order valence-corrected chi connectivity index (χ0v) is 17.4. The van der Waals surface area contributed by atoms with E-state index >= 15 is 0 Å². The third-order valence-electron chi connectivity index (χ3n) is 5.96. The van der Waals surface area contributed by atoms with Crippen molar-refractivity contribution in [3.05, 3.63) is 64.9 Å². The Labute approximate surface area is 178 Å². The first-order valence-corrected chi connectivity index (χ1v) is 10.9. The van der Waals surface area contributed by atoms with Crippen LogP contribution in [0.3, 0.4) is 0 Å². The molecule has 1 aromatic carbocycles. The number of esters is 1. The van der Waals surface area contributed by atoms with Crippen LogP contribution in [0.1, 0.15) is 29.9 Å². The van der Waals surface area contributed by atoms with Gasteiger partial charge in [0.25, 0.3) is 0 Å². The first-order valence-electron chi connectivity index (χ1n) is 10.0. The highest BCUT2D eigenvalue weighted by atomic mass is 32.1. The number of hydrogen-bond donors (Lipinski definition) is 1. The minimum atomic E-state index is -0.350. The summed E-state index contributed by atoms with van der Waals surface area (Å²) in [5, 5.41) is 4.10. The standard InChI is InChI=1S/C23H22N2O4S/c1-28-22(26)21-17(20-11-14-5-2-3-7-19(14)30-20)12-15-8-9-18(21)25(15)23(27)24-13-16-6-4-10-29-16/h2-7,10-11,15,18H,8-9,12-13H2,1H3,(H,24,27)/t15-,18+/m0/s1. The molecule has 7 heteroatoms. The zero-order valence-electron chi connectivity index (χ0n) is 16.6. The van der Waals surface area contributed by atoms with Crippen LogP contribution >= 0.6 is 11.3 Å². The molecule has 1 N–H and O–H groups in total. The maximum Gasteiger partial charge on any atom is 0.336 e. The molecule has 0 spiro atoms. The summed E-state index contributed by atoms with van der Waals surface area (Å²) in [6, 6.07) is 13.6. The van der Waals surface area contributed by atoms with E-state index in [-0.39, 0.29) is 24.1 Å². The van der Waals surface area contributed by atoms with E-state index in [1.165, 1.54) is 17.2 Å². The van der Waals surface area contributed by atoms with Gasteiger partial charge in [0.05, 0.1) is 31.5 Å². The summed E-state index contributed by atoms with van der Waals surface area (Å²) in [6.45, 7) is 0.322. The molecule has 2 atom stereocenters. The summed E-state index contributed by atoms with van der Waals surface area (Å²) in [4.78, 5) is 28.7. The van der Waals surface area contributed by atoms with E-state index in [2.05, 4.69) is 23.5 Å². The topological polar surface area (TPSA) is 71.8 Å². The van der Waals surface area contributed by atoms with E-state index in [1.807, 2.05) is 23.1 Å². The molecule has 6 nitrogen and oxygen atoms in total. The maximum atomic E-state index is 13.0. The Balaban J connectivity index is 1.49. The second kappa shape index (κ2) is 7.65. The lowest BCUT2D eigenvalue weighted by molar-refractivity contribution is -0.136. The van der Waals surface area contributed by atoms with Crippen LogP contribution in [0.4, 0.5) is 4.79 Å². The van der Waals surface area contributed by atoms with Crippen LogP contribution in [0.15, 0.2) is 58.7 Å². The molecule has 3 aromatic rings. The molecule has 2 bridgehead atoms. The molecule has 5 rings (SSSR count). The van der Waals surface area contributed by atoms with E-state index in [4.69, 9.17) is 9.15 Å². The molecule has 4 heterocycles. The number of carbonyl (C=O) groups excluding carboxylic acids is 2. The number of urea groups is 1. The van der Waals surface area contributed by atoms with Crippen molar-refractivity contribution in [2.75, 3.05) is 7.11 Å². The van der Waals surface area contributed by atoms with Crippen molar-refractivity contribution in [1.82, 2.24) is 10.2 Å². The maximum absolute atomic E-state index is 13.0. The molecule has 2 aliphatic heterocycles. The number of carbonyl (C=O) groups is 2. The van der Waals surface area contributed by atoms with Gasteiger partial charge in [-0.2, -0.15) is 0 Å². The van der Waals surface area contributed by atoms with Crippen LogP contribution in [0.5, 0.6) is 0 Å². The van der Waals surface area contributed by atoms with Crippen LogP contribution in [-0.4, -0.2) is 36.1 Å². The Morgan fingerprint density at radius 1 is 1.23 bits per heavy atom. The van der Waals surface area contributed by atoms with Crippen LogP contribution in [-0.2, 0) is 16.1 Å². The molecule has 0 unspecified atom stereocenters. The highest BCUT2D eigenvalue weighted by Crippen LogP contribution is 2.45. The molecule has 1 saturated heterocycles. The van der Waals surface area contributed by atoms with Crippen LogP contribution in [0.2, 0.25) is 0 Å². The van der Waals surface area contributed by atoms with Crippen molar-refractivity contribution in [3.63, 3.8) is 0 Å². The van der Waals surface area contributed by atoms with Crippen molar-refractivity contribution in [1.29, 1.82) is 0 Å². The third-order valence-corrected chi connectivity index (χ3v) is 7.13. The number of hydrogen-bond acceptors (Lipinski definition) is 5. The summed E-state index contributed by atoms with van der Waals surface area (Å²) in [7, 11) is 1.40. The molecular formula is C23H22N2O4S. The van der Waals surface area contributed by atoms with Crippen molar-refractivity contribution in [2.45, 2.75) is 37.9 Å². The number of furan rings is 1. The van der Waals surface area contributed by atoms with Gasteiger partial charge in [0.15, 0.2) is 0 Å². The van der Waals surface area contributed by atoms with E-state index in [0.717, 1.165) is 23.3 Å². The quantitative estimate of drug-likeness (QED) is 0.626. The van der Waals surface area contributed by atoms with Crippen LogP contribution < -0.4 is 5.32 Å². The van der Waals surface area contributed by atoms with E-state index in [9.17, 15) is 9.59 Å².